The molecule has 0 saturated heterocycles. The molecule has 0 radical (unpaired) electrons. The van der Waals surface area contributed by atoms with E-state index in [1.807, 2.05) is 0 Å². The molecule has 0 aliphatic carbocycles. The van der Waals surface area contributed by atoms with E-state index in [9.17, 15) is 9.59 Å². The Labute approximate surface area is 87.9 Å². The third-order valence-corrected chi connectivity index (χ3v) is 1.97. The van der Waals surface area contributed by atoms with Crippen LogP contribution in [0.25, 0.3) is 0 Å². The summed E-state index contributed by atoms with van der Waals surface area (Å²) in [6, 6.07) is 6.62. The maximum absolute atomic E-state index is 11.3. The smallest absolute Gasteiger partial charge is 0.224 e. The molecule has 0 fully saturated rings. The van der Waals surface area contributed by atoms with Gasteiger partial charge in [-0.2, -0.15) is 0 Å². The van der Waals surface area contributed by atoms with E-state index in [1.165, 1.54) is 0 Å². The third-order valence-electron chi connectivity index (χ3n) is 1.97. The number of nitrogens with one attached hydrogen (secondary N) is 1. The normalized spacial score (nSPS) is 9.73. The molecule has 0 aromatic heterocycles. The predicted octanol–water partition coefficient (Wildman–Crippen LogP) is 1.21. The largest absolute Gasteiger partial charge is 0.388 e. The number of benzene rings is 1. The highest BCUT2D eigenvalue weighted by Gasteiger charge is 2.10. The van der Waals surface area contributed by atoms with E-state index in [4.69, 9.17) is 5.11 Å². The van der Waals surface area contributed by atoms with Crippen LogP contribution in [0.5, 0.6) is 0 Å². The van der Waals surface area contributed by atoms with Gasteiger partial charge in [-0.05, 0) is 12.1 Å². The highest BCUT2D eigenvalue weighted by Crippen LogP contribution is 2.15. The summed E-state index contributed by atoms with van der Waals surface area (Å²) in [6.07, 6.45) is 0.349. The first-order valence-electron chi connectivity index (χ1n) is 4.72. The van der Waals surface area contributed by atoms with Crippen molar-refractivity contribution in [3.63, 3.8) is 0 Å². The third kappa shape index (κ3) is 2.89. The van der Waals surface area contributed by atoms with Crippen LogP contribution < -0.4 is 5.32 Å². The summed E-state index contributed by atoms with van der Waals surface area (Å²) in [7, 11) is 0. The van der Waals surface area contributed by atoms with Crippen molar-refractivity contribution in [3.05, 3.63) is 29.8 Å². The number of amides is 1. The lowest BCUT2D eigenvalue weighted by Crippen LogP contribution is -2.14. The maximum atomic E-state index is 11.3. The number of hydrogen-bond donors (Lipinski definition) is 2. The van der Waals surface area contributed by atoms with E-state index in [1.54, 1.807) is 31.2 Å². The minimum absolute atomic E-state index is 0.159. The van der Waals surface area contributed by atoms with Gasteiger partial charge in [-0.1, -0.05) is 19.1 Å². The quantitative estimate of drug-likeness (QED) is 0.729. The van der Waals surface area contributed by atoms with Crippen LogP contribution in [0, 0.1) is 0 Å². The Morgan fingerprint density at radius 2 is 2.00 bits per heavy atom. The van der Waals surface area contributed by atoms with Crippen molar-refractivity contribution < 1.29 is 14.7 Å². The zero-order valence-electron chi connectivity index (χ0n) is 8.49. The number of carbonyl (C=O) groups is 2. The van der Waals surface area contributed by atoms with Crippen molar-refractivity contribution in [3.8, 4) is 0 Å². The first-order chi connectivity index (χ1) is 7.19. The zero-order valence-corrected chi connectivity index (χ0v) is 8.49. The fourth-order valence-corrected chi connectivity index (χ4v) is 1.16. The molecule has 0 unspecified atom stereocenters. The molecule has 80 valence electrons. The minimum atomic E-state index is -0.557. The average Bonchev–Trinajstić information content (AvgIpc) is 2.28. The SMILES string of the molecule is CCC(=O)Nc1ccccc1C(=O)CO. The second-order valence-electron chi connectivity index (χ2n) is 3.03. The van der Waals surface area contributed by atoms with Gasteiger partial charge in [-0.3, -0.25) is 9.59 Å². The summed E-state index contributed by atoms with van der Waals surface area (Å²) < 4.78 is 0. The summed E-state index contributed by atoms with van der Waals surface area (Å²) in [5.74, 6) is -0.560. The molecule has 0 aliphatic rings. The van der Waals surface area contributed by atoms with Crippen LogP contribution in [0.4, 0.5) is 5.69 Å². The molecular weight excluding hydrogens is 194 g/mol. The lowest BCUT2D eigenvalue weighted by atomic mass is 10.1. The molecule has 1 aromatic carbocycles. The Morgan fingerprint density at radius 1 is 1.33 bits per heavy atom. The number of para-hydroxylation sites is 1. The van der Waals surface area contributed by atoms with Gasteiger partial charge in [0.25, 0.3) is 0 Å². The van der Waals surface area contributed by atoms with E-state index in [0.717, 1.165) is 0 Å². The topological polar surface area (TPSA) is 66.4 Å². The van der Waals surface area contributed by atoms with E-state index >= 15 is 0 Å². The monoisotopic (exact) mass is 207 g/mol. The number of hydrogen-bond acceptors (Lipinski definition) is 3. The van der Waals surface area contributed by atoms with Gasteiger partial charge in [0.15, 0.2) is 5.78 Å². The van der Waals surface area contributed by atoms with Gasteiger partial charge in [0.05, 0.1) is 5.69 Å². The molecule has 0 saturated carbocycles. The number of aliphatic hydroxyl groups is 1. The Balaban J connectivity index is 2.96. The van der Waals surface area contributed by atoms with Crippen LogP contribution in [-0.2, 0) is 4.79 Å². The number of ketones is 1. The lowest BCUT2D eigenvalue weighted by molar-refractivity contribution is -0.115. The molecule has 1 amide bonds. The molecule has 0 spiro atoms. The van der Waals surface area contributed by atoms with Crippen LogP contribution in [0.1, 0.15) is 23.7 Å². The van der Waals surface area contributed by atoms with Crippen LogP contribution in [0.3, 0.4) is 0 Å². The fourth-order valence-electron chi connectivity index (χ4n) is 1.16. The van der Waals surface area contributed by atoms with Crippen LogP contribution in [0.2, 0.25) is 0 Å². The van der Waals surface area contributed by atoms with E-state index in [0.29, 0.717) is 17.7 Å². The Bertz CT molecular complexity index is 374. The van der Waals surface area contributed by atoms with Crippen molar-refractivity contribution in [2.45, 2.75) is 13.3 Å². The van der Waals surface area contributed by atoms with E-state index in [-0.39, 0.29) is 5.91 Å². The highest BCUT2D eigenvalue weighted by molar-refractivity contribution is 6.05. The summed E-state index contributed by atoms with van der Waals surface area (Å²) in [4.78, 5) is 22.5. The van der Waals surface area contributed by atoms with Gasteiger partial charge in [-0.15, -0.1) is 0 Å². The molecule has 2 N–H and O–H groups in total. The highest BCUT2D eigenvalue weighted by atomic mass is 16.3. The zero-order chi connectivity index (χ0) is 11.3. The first kappa shape index (κ1) is 11.4. The standard InChI is InChI=1S/C11H13NO3/c1-2-11(15)12-9-6-4-3-5-8(9)10(14)7-13/h3-6,13H,2,7H2,1H3,(H,12,15). The number of rotatable bonds is 4. The molecule has 0 heterocycles. The van der Waals surface area contributed by atoms with Gasteiger partial charge in [0.1, 0.15) is 6.61 Å². The maximum Gasteiger partial charge on any atom is 0.224 e. The molecular formula is C11H13NO3. The van der Waals surface area contributed by atoms with Gasteiger partial charge in [0, 0.05) is 12.0 Å². The molecule has 4 heteroatoms. The Hall–Kier alpha value is -1.68. The number of carbonyl (C=O) groups excluding carboxylic acids is 2. The van der Waals surface area contributed by atoms with Crippen molar-refractivity contribution >= 4 is 17.4 Å². The summed E-state index contributed by atoms with van der Waals surface area (Å²) >= 11 is 0. The molecule has 0 atom stereocenters. The van der Waals surface area contributed by atoms with Crippen molar-refractivity contribution in [1.29, 1.82) is 0 Å². The van der Waals surface area contributed by atoms with Crippen LogP contribution >= 0.6 is 0 Å². The molecule has 0 bridgehead atoms. The molecule has 4 nitrogen and oxygen atoms in total. The molecule has 1 rings (SSSR count). The number of Topliss-reactive ketones (excluding diaryl/α,β-unsaturated/α-hetero) is 1. The average molecular weight is 207 g/mol. The van der Waals surface area contributed by atoms with Gasteiger partial charge in [0.2, 0.25) is 5.91 Å². The van der Waals surface area contributed by atoms with Crippen molar-refractivity contribution in [1.82, 2.24) is 0 Å². The molecule has 1 aromatic rings. The van der Waals surface area contributed by atoms with Gasteiger partial charge < -0.3 is 10.4 Å². The van der Waals surface area contributed by atoms with Crippen LogP contribution in [0.15, 0.2) is 24.3 Å². The summed E-state index contributed by atoms with van der Waals surface area (Å²) in [5.41, 5.74) is 0.783. The fraction of sp³-hybridized carbons (Fsp3) is 0.273. The second-order valence-corrected chi connectivity index (χ2v) is 3.03. The number of aliphatic hydroxyl groups excluding tert-OH is 1. The minimum Gasteiger partial charge on any atom is -0.388 e. The molecule has 15 heavy (non-hydrogen) atoms. The summed E-state index contributed by atoms with van der Waals surface area (Å²) in [5, 5.41) is 11.3. The lowest BCUT2D eigenvalue weighted by Gasteiger charge is -2.08. The predicted molar refractivity (Wildman–Crippen MR) is 56.8 cm³/mol. The van der Waals surface area contributed by atoms with Crippen molar-refractivity contribution in [2.24, 2.45) is 0 Å². The van der Waals surface area contributed by atoms with Crippen LogP contribution in [-0.4, -0.2) is 23.4 Å². The summed E-state index contributed by atoms with van der Waals surface area (Å²) in [6.45, 7) is 1.17. The number of anilines is 1. The van der Waals surface area contributed by atoms with Crippen molar-refractivity contribution in [2.75, 3.05) is 11.9 Å². The van der Waals surface area contributed by atoms with Gasteiger partial charge >= 0.3 is 0 Å². The first-order valence-corrected chi connectivity index (χ1v) is 4.72. The molecule has 0 aliphatic heterocycles. The Kier molecular flexibility index (Phi) is 4.00. The van der Waals surface area contributed by atoms with E-state index in [2.05, 4.69) is 5.32 Å². The van der Waals surface area contributed by atoms with Gasteiger partial charge in [-0.25, -0.2) is 0 Å². The van der Waals surface area contributed by atoms with E-state index < -0.39 is 12.4 Å². The Morgan fingerprint density at radius 3 is 2.60 bits per heavy atom. The second kappa shape index (κ2) is 5.26.